The first kappa shape index (κ1) is 12.6. The molecule has 0 saturated carbocycles. The third-order valence-electron chi connectivity index (χ3n) is 2.70. The van der Waals surface area contributed by atoms with E-state index in [2.05, 4.69) is 9.98 Å². The minimum absolute atomic E-state index is 0.0359. The zero-order chi connectivity index (χ0) is 13.3. The Kier molecular flexibility index (Phi) is 3.39. The summed E-state index contributed by atoms with van der Waals surface area (Å²) in [5.41, 5.74) is 9.06. The molecule has 0 atom stereocenters. The second-order valence-electron chi connectivity index (χ2n) is 4.23. The van der Waals surface area contributed by atoms with Crippen LogP contribution in [0.25, 0.3) is 5.70 Å². The van der Waals surface area contributed by atoms with Crippen molar-refractivity contribution in [1.29, 1.82) is 0 Å². The number of guanidine groups is 1. The Balaban J connectivity index is 2.51. The third kappa shape index (κ3) is 2.54. The van der Waals surface area contributed by atoms with Gasteiger partial charge in [-0.25, -0.2) is 9.98 Å². The van der Waals surface area contributed by atoms with Crippen LogP contribution < -0.4 is 5.73 Å². The van der Waals surface area contributed by atoms with Crippen molar-refractivity contribution in [3.05, 3.63) is 34.4 Å². The van der Waals surface area contributed by atoms with Gasteiger partial charge in [-0.05, 0) is 31.5 Å². The van der Waals surface area contributed by atoms with Crippen molar-refractivity contribution in [2.24, 2.45) is 15.7 Å². The molecule has 2 rings (SSSR count). The standard InChI is InChI=1S/C13H14ClN3O/c1-7-5-10(14)12(18)6-9(7)11-4-3-8(2)16-13(15)17-11/h4-6,18H,3H2,1-2H3,(H2,15,17). The molecule has 0 unspecified atom stereocenters. The maximum Gasteiger partial charge on any atom is 0.220 e. The quantitative estimate of drug-likeness (QED) is 0.818. The number of hydrogen-bond donors (Lipinski definition) is 2. The van der Waals surface area contributed by atoms with Crippen molar-refractivity contribution in [2.75, 3.05) is 0 Å². The Morgan fingerprint density at radius 1 is 1.28 bits per heavy atom. The van der Waals surface area contributed by atoms with Crippen molar-refractivity contribution < 1.29 is 5.11 Å². The van der Waals surface area contributed by atoms with Gasteiger partial charge in [-0.2, -0.15) is 0 Å². The maximum atomic E-state index is 9.68. The molecule has 1 heterocycles. The topological polar surface area (TPSA) is 71.0 Å². The van der Waals surface area contributed by atoms with Crippen LogP contribution >= 0.6 is 11.6 Å². The van der Waals surface area contributed by atoms with E-state index in [9.17, 15) is 5.11 Å². The molecule has 0 spiro atoms. The first-order chi connectivity index (χ1) is 8.47. The molecule has 94 valence electrons. The Hall–Kier alpha value is -1.81. The van der Waals surface area contributed by atoms with E-state index in [-0.39, 0.29) is 11.7 Å². The summed E-state index contributed by atoms with van der Waals surface area (Å²) in [6.07, 6.45) is 2.62. The molecule has 0 fully saturated rings. The number of rotatable bonds is 1. The Morgan fingerprint density at radius 3 is 2.72 bits per heavy atom. The van der Waals surface area contributed by atoms with Gasteiger partial charge in [-0.1, -0.05) is 17.7 Å². The Morgan fingerprint density at radius 2 is 2.00 bits per heavy atom. The van der Waals surface area contributed by atoms with Gasteiger partial charge in [0.05, 0.1) is 10.7 Å². The monoisotopic (exact) mass is 263 g/mol. The van der Waals surface area contributed by atoms with Crippen molar-refractivity contribution in [1.82, 2.24) is 0 Å². The van der Waals surface area contributed by atoms with Crippen molar-refractivity contribution in [2.45, 2.75) is 20.3 Å². The number of nitrogens with two attached hydrogens (primary N) is 1. The number of nitrogens with zero attached hydrogens (tertiary/aromatic N) is 2. The summed E-state index contributed by atoms with van der Waals surface area (Å²) in [6, 6.07) is 3.30. The zero-order valence-corrected chi connectivity index (χ0v) is 11.0. The minimum Gasteiger partial charge on any atom is -0.506 e. The van der Waals surface area contributed by atoms with Gasteiger partial charge in [0, 0.05) is 17.7 Å². The smallest absolute Gasteiger partial charge is 0.220 e. The van der Waals surface area contributed by atoms with Crippen LogP contribution in [0.5, 0.6) is 5.75 Å². The molecule has 1 aliphatic rings. The third-order valence-corrected chi connectivity index (χ3v) is 3.00. The molecule has 1 aromatic rings. The molecule has 5 heteroatoms. The zero-order valence-electron chi connectivity index (χ0n) is 10.2. The predicted molar refractivity (Wildman–Crippen MR) is 75.2 cm³/mol. The number of allylic oxidation sites excluding steroid dienone is 1. The first-order valence-corrected chi connectivity index (χ1v) is 5.93. The lowest BCUT2D eigenvalue weighted by molar-refractivity contribution is 0.475. The second kappa shape index (κ2) is 4.82. The van der Waals surface area contributed by atoms with Gasteiger partial charge in [0.25, 0.3) is 0 Å². The van der Waals surface area contributed by atoms with Crippen LogP contribution in [0.15, 0.2) is 28.2 Å². The summed E-state index contributed by atoms with van der Waals surface area (Å²) < 4.78 is 0. The Labute approximate surface area is 111 Å². The molecule has 1 aromatic carbocycles. The summed E-state index contributed by atoms with van der Waals surface area (Å²) in [7, 11) is 0. The summed E-state index contributed by atoms with van der Waals surface area (Å²) in [4.78, 5) is 8.37. The molecule has 0 aromatic heterocycles. The number of phenols is 1. The van der Waals surface area contributed by atoms with Gasteiger partial charge >= 0.3 is 0 Å². The molecule has 0 aliphatic carbocycles. The van der Waals surface area contributed by atoms with Gasteiger partial charge in [0.2, 0.25) is 5.96 Å². The fraction of sp³-hybridized carbons (Fsp3) is 0.231. The fourth-order valence-corrected chi connectivity index (χ4v) is 2.01. The first-order valence-electron chi connectivity index (χ1n) is 5.55. The highest BCUT2D eigenvalue weighted by Crippen LogP contribution is 2.31. The van der Waals surface area contributed by atoms with Crippen LogP contribution in [0.4, 0.5) is 0 Å². The highest BCUT2D eigenvalue weighted by atomic mass is 35.5. The highest BCUT2D eigenvalue weighted by molar-refractivity contribution is 6.32. The van der Waals surface area contributed by atoms with Crippen LogP contribution in [-0.4, -0.2) is 16.8 Å². The number of aryl methyl sites for hydroxylation is 1. The molecule has 0 amide bonds. The number of benzene rings is 1. The molecule has 3 N–H and O–H groups in total. The number of hydrogen-bond acceptors (Lipinski definition) is 4. The second-order valence-corrected chi connectivity index (χ2v) is 4.64. The minimum atomic E-state index is 0.0359. The normalized spacial score (nSPS) is 15.6. The van der Waals surface area contributed by atoms with Crippen LogP contribution in [0.2, 0.25) is 5.02 Å². The van der Waals surface area contributed by atoms with Crippen molar-refractivity contribution in [3.63, 3.8) is 0 Å². The lowest BCUT2D eigenvalue weighted by Gasteiger charge is -2.08. The van der Waals surface area contributed by atoms with E-state index in [1.807, 2.05) is 19.9 Å². The summed E-state index contributed by atoms with van der Waals surface area (Å²) >= 11 is 5.86. The van der Waals surface area contributed by atoms with Gasteiger partial charge in [-0.3, -0.25) is 0 Å². The van der Waals surface area contributed by atoms with Gasteiger partial charge in [0.15, 0.2) is 0 Å². The lowest BCUT2D eigenvalue weighted by atomic mass is 10.0. The number of halogens is 1. The van der Waals surface area contributed by atoms with Crippen molar-refractivity contribution in [3.8, 4) is 5.75 Å². The molecular formula is C13H14ClN3O. The molecule has 0 saturated heterocycles. The van der Waals surface area contributed by atoms with Crippen LogP contribution in [0.3, 0.4) is 0 Å². The SMILES string of the molecule is CC1=NC(N)=NC(c2cc(O)c(Cl)cc2C)=CC1. The van der Waals surface area contributed by atoms with E-state index in [1.54, 1.807) is 12.1 Å². The van der Waals surface area contributed by atoms with E-state index < -0.39 is 0 Å². The average Bonchev–Trinajstić information content (AvgIpc) is 2.45. The van der Waals surface area contributed by atoms with E-state index in [4.69, 9.17) is 17.3 Å². The summed E-state index contributed by atoms with van der Waals surface area (Å²) in [5.74, 6) is 0.263. The summed E-state index contributed by atoms with van der Waals surface area (Å²) in [5, 5.41) is 10.0. The van der Waals surface area contributed by atoms with Crippen molar-refractivity contribution >= 4 is 29.0 Å². The lowest BCUT2D eigenvalue weighted by Crippen LogP contribution is -2.09. The number of aliphatic imine (C=N–C) groups is 2. The largest absolute Gasteiger partial charge is 0.506 e. The number of aromatic hydroxyl groups is 1. The highest BCUT2D eigenvalue weighted by Gasteiger charge is 2.11. The molecule has 4 nitrogen and oxygen atoms in total. The van der Waals surface area contributed by atoms with E-state index in [1.165, 1.54) is 0 Å². The van der Waals surface area contributed by atoms with E-state index in [0.717, 1.165) is 16.8 Å². The Bertz CT molecular complexity index is 588. The molecule has 0 bridgehead atoms. The maximum absolute atomic E-state index is 9.68. The van der Waals surface area contributed by atoms with E-state index >= 15 is 0 Å². The molecular weight excluding hydrogens is 250 g/mol. The average molecular weight is 264 g/mol. The molecule has 1 aliphatic heterocycles. The number of phenolic OH excluding ortho intramolecular Hbond substituents is 1. The fourth-order valence-electron chi connectivity index (χ4n) is 1.79. The van der Waals surface area contributed by atoms with E-state index in [0.29, 0.717) is 17.1 Å². The van der Waals surface area contributed by atoms with Gasteiger partial charge in [0.1, 0.15) is 5.75 Å². The molecule has 0 radical (unpaired) electrons. The van der Waals surface area contributed by atoms with Crippen LogP contribution in [0, 0.1) is 6.92 Å². The van der Waals surface area contributed by atoms with Crippen LogP contribution in [0.1, 0.15) is 24.5 Å². The molecule has 18 heavy (non-hydrogen) atoms. The predicted octanol–water partition coefficient (Wildman–Crippen LogP) is 2.87. The van der Waals surface area contributed by atoms with Crippen LogP contribution in [-0.2, 0) is 0 Å². The van der Waals surface area contributed by atoms with Gasteiger partial charge < -0.3 is 10.8 Å². The summed E-state index contributed by atoms with van der Waals surface area (Å²) in [6.45, 7) is 3.81. The van der Waals surface area contributed by atoms with Gasteiger partial charge in [-0.15, -0.1) is 0 Å².